The monoisotopic (exact) mass is 409 g/mol. The van der Waals surface area contributed by atoms with Gasteiger partial charge in [0, 0.05) is 18.1 Å². The van der Waals surface area contributed by atoms with Crippen molar-refractivity contribution in [3.8, 4) is 0 Å². The minimum absolute atomic E-state index is 0.281. The number of aryl methyl sites for hydroxylation is 1. The Labute approximate surface area is 175 Å². The molecule has 1 spiro atoms. The molecule has 4 rings (SSSR count). The van der Waals surface area contributed by atoms with Crippen molar-refractivity contribution >= 4 is 23.5 Å². The predicted octanol–water partition coefficient (Wildman–Crippen LogP) is 2.68. The highest BCUT2D eigenvalue weighted by Crippen LogP contribution is 2.36. The topological polar surface area (TPSA) is 96.3 Å². The van der Waals surface area contributed by atoms with Crippen LogP contribution in [0.1, 0.15) is 44.0 Å². The smallest absolute Gasteiger partial charge is 0.325 e. The maximum atomic E-state index is 13.0. The van der Waals surface area contributed by atoms with E-state index >= 15 is 0 Å². The van der Waals surface area contributed by atoms with E-state index in [4.69, 9.17) is 0 Å². The van der Waals surface area contributed by atoms with Crippen LogP contribution in [0.3, 0.4) is 0 Å². The van der Waals surface area contributed by atoms with Crippen molar-refractivity contribution in [3.05, 3.63) is 48.0 Å². The quantitative estimate of drug-likeness (QED) is 0.742. The SMILES string of the molecule is Cc1nccn1Cc1ccccc1NC(=O)CN1C(=O)NC2(CCC(C)CC2)C1=O. The summed E-state index contributed by atoms with van der Waals surface area (Å²) in [5.74, 6) is 0.752. The normalized spacial score (nSPS) is 23.7. The maximum absolute atomic E-state index is 13.0. The van der Waals surface area contributed by atoms with Crippen molar-refractivity contribution in [2.24, 2.45) is 5.92 Å². The molecule has 2 fully saturated rings. The third-order valence-corrected chi connectivity index (χ3v) is 6.23. The van der Waals surface area contributed by atoms with Crippen LogP contribution in [-0.4, -0.2) is 44.4 Å². The van der Waals surface area contributed by atoms with Crippen LogP contribution in [0.5, 0.6) is 0 Å². The molecule has 1 saturated heterocycles. The van der Waals surface area contributed by atoms with Crippen molar-refractivity contribution in [2.45, 2.75) is 51.6 Å². The molecule has 1 aromatic heterocycles. The van der Waals surface area contributed by atoms with E-state index in [1.54, 1.807) is 6.20 Å². The summed E-state index contributed by atoms with van der Waals surface area (Å²) < 4.78 is 1.98. The van der Waals surface area contributed by atoms with Gasteiger partial charge in [-0.25, -0.2) is 9.78 Å². The van der Waals surface area contributed by atoms with Crippen molar-refractivity contribution in [3.63, 3.8) is 0 Å². The number of carbonyl (C=O) groups excluding carboxylic acids is 3. The summed E-state index contributed by atoms with van der Waals surface area (Å²) >= 11 is 0. The highest BCUT2D eigenvalue weighted by molar-refractivity contribution is 6.10. The number of nitrogens with one attached hydrogen (secondary N) is 2. The van der Waals surface area contributed by atoms with Crippen LogP contribution in [-0.2, 0) is 16.1 Å². The van der Waals surface area contributed by atoms with E-state index < -0.39 is 17.5 Å². The molecule has 1 aliphatic heterocycles. The predicted molar refractivity (Wildman–Crippen MR) is 112 cm³/mol. The van der Waals surface area contributed by atoms with Crippen LogP contribution >= 0.6 is 0 Å². The highest BCUT2D eigenvalue weighted by Gasteiger charge is 2.52. The molecular weight excluding hydrogens is 382 g/mol. The molecule has 1 aliphatic carbocycles. The van der Waals surface area contributed by atoms with E-state index in [9.17, 15) is 14.4 Å². The Morgan fingerprint density at radius 1 is 1.27 bits per heavy atom. The fourth-order valence-corrected chi connectivity index (χ4v) is 4.28. The van der Waals surface area contributed by atoms with Crippen molar-refractivity contribution in [2.75, 3.05) is 11.9 Å². The lowest BCUT2D eigenvalue weighted by atomic mass is 9.77. The first kappa shape index (κ1) is 20.1. The average molecular weight is 409 g/mol. The van der Waals surface area contributed by atoms with E-state index in [1.807, 2.05) is 42.0 Å². The Morgan fingerprint density at radius 2 is 2.00 bits per heavy atom. The summed E-state index contributed by atoms with van der Waals surface area (Å²) in [5, 5.41) is 5.72. The lowest BCUT2D eigenvalue weighted by molar-refractivity contribution is -0.135. The molecule has 2 aromatic rings. The summed E-state index contributed by atoms with van der Waals surface area (Å²) in [5.41, 5.74) is 0.742. The van der Waals surface area contributed by atoms with Gasteiger partial charge in [0.05, 0.1) is 6.54 Å². The van der Waals surface area contributed by atoms with Crippen LogP contribution in [0.2, 0.25) is 0 Å². The number of imidazole rings is 1. The number of benzene rings is 1. The molecule has 158 valence electrons. The second-order valence-corrected chi connectivity index (χ2v) is 8.39. The number of para-hydroxylation sites is 1. The number of hydrogen-bond donors (Lipinski definition) is 2. The van der Waals surface area contributed by atoms with Gasteiger partial charge in [0.1, 0.15) is 17.9 Å². The number of carbonyl (C=O) groups is 3. The van der Waals surface area contributed by atoms with E-state index in [0.29, 0.717) is 31.0 Å². The van der Waals surface area contributed by atoms with Gasteiger partial charge in [-0.3, -0.25) is 14.5 Å². The van der Waals surface area contributed by atoms with E-state index in [1.165, 1.54) is 0 Å². The first-order valence-corrected chi connectivity index (χ1v) is 10.4. The zero-order valence-electron chi connectivity index (χ0n) is 17.4. The second kappa shape index (κ2) is 7.93. The average Bonchev–Trinajstić information content (AvgIpc) is 3.22. The molecule has 0 unspecified atom stereocenters. The molecule has 2 N–H and O–H groups in total. The number of amides is 4. The first-order chi connectivity index (χ1) is 14.4. The van der Waals surface area contributed by atoms with Crippen LogP contribution in [0.4, 0.5) is 10.5 Å². The Hall–Kier alpha value is -3.16. The van der Waals surface area contributed by atoms with Gasteiger partial charge in [-0.1, -0.05) is 25.1 Å². The highest BCUT2D eigenvalue weighted by atomic mass is 16.2. The summed E-state index contributed by atoms with van der Waals surface area (Å²) in [6.07, 6.45) is 6.66. The number of rotatable bonds is 5. The number of urea groups is 1. The van der Waals surface area contributed by atoms with Gasteiger partial charge in [-0.15, -0.1) is 0 Å². The maximum Gasteiger partial charge on any atom is 0.325 e. The molecule has 2 heterocycles. The van der Waals surface area contributed by atoms with Crippen LogP contribution < -0.4 is 10.6 Å². The van der Waals surface area contributed by atoms with Gasteiger partial charge in [-0.05, 0) is 50.2 Å². The Balaban J connectivity index is 1.44. The lowest BCUT2D eigenvalue weighted by Crippen LogP contribution is -2.49. The number of aromatic nitrogens is 2. The van der Waals surface area contributed by atoms with Crippen molar-refractivity contribution in [1.29, 1.82) is 0 Å². The van der Waals surface area contributed by atoms with E-state index in [0.717, 1.165) is 29.1 Å². The molecular formula is C22H27N5O3. The number of nitrogens with zero attached hydrogens (tertiary/aromatic N) is 3. The summed E-state index contributed by atoms with van der Waals surface area (Å²) in [6, 6.07) is 7.01. The summed E-state index contributed by atoms with van der Waals surface area (Å²) in [4.78, 5) is 43.4. The molecule has 8 heteroatoms. The van der Waals surface area contributed by atoms with Gasteiger partial charge < -0.3 is 15.2 Å². The standard InChI is InChI=1S/C22H27N5O3/c1-15-7-9-22(10-8-15)20(29)27(21(30)25-22)14-19(28)24-18-6-4-3-5-17(18)13-26-12-11-23-16(26)2/h3-6,11-12,15H,7-10,13-14H2,1-2H3,(H,24,28)(H,25,30). The van der Waals surface area contributed by atoms with Crippen LogP contribution in [0, 0.1) is 12.8 Å². The zero-order valence-corrected chi connectivity index (χ0v) is 17.4. The molecule has 0 radical (unpaired) electrons. The third-order valence-electron chi connectivity index (χ3n) is 6.23. The van der Waals surface area contributed by atoms with E-state index in [-0.39, 0.29) is 12.5 Å². The Bertz CT molecular complexity index is 975. The fourth-order valence-electron chi connectivity index (χ4n) is 4.28. The summed E-state index contributed by atoms with van der Waals surface area (Å²) in [7, 11) is 0. The van der Waals surface area contributed by atoms with E-state index in [2.05, 4.69) is 22.5 Å². The van der Waals surface area contributed by atoms with Gasteiger partial charge in [0.25, 0.3) is 5.91 Å². The zero-order chi connectivity index (χ0) is 21.3. The largest absolute Gasteiger partial charge is 0.331 e. The van der Waals surface area contributed by atoms with Gasteiger partial charge in [0.15, 0.2) is 0 Å². The molecule has 1 aromatic carbocycles. The van der Waals surface area contributed by atoms with Crippen molar-refractivity contribution < 1.29 is 14.4 Å². The molecule has 0 bridgehead atoms. The summed E-state index contributed by atoms with van der Waals surface area (Å²) in [6.45, 7) is 4.34. The minimum Gasteiger partial charge on any atom is -0.331 e. The van der Waals surface area contributed by atoms with Crippen LogP contribution in [0.25, 0.3) is 0 Å². The number of hydrogen-bond acceptors (Lipinski definition) is 4. The van der Waals surface area contributed by atoms with Gasteiger partial charge in [0.2, 0.25) is 5.91 Å². The van der Waals surface area contributed by atoms with Gasteiger partial charge in [-0.2, -0.15) is 0 Å². The lowest BCUT2D eigenvalue weighted by Gasteiger charge is -2.33. The van der Waals surface area contributed by atoms with Crippen LogP contribution in [0.15, 0.2) is 36.7 Å². The second-order valence-electron chi connectivity index (χ2n) is 8.39. The Kier molecular flexibility index (Phi) is 5.32. The molecule has 2 aliphatic rings. The Morgan fingerprint density at radius 3 is 2.70 bits per heavy atom. The van der Waals surface area contributed by atoms with Crippen molar-refractivity contribution in [1.82, 2.24) is 19.8 Å². The first-order valence-electron chi connectivity index (χ1n) is 10.4. The minimum atomic E-state index is -0.833. The fraction of sp³-hybridized carbons (Fsp3) is 0.455. The van der Waals surface area contributed by atoms with Gasteiger partial charge >= 0.3 is 6.03 Å². The number of anilines is 1. The molecule has 0 atom stereocenters. The molecule has 1 saturated carbocycles. The molecule has 30 heavy (non-hydrogen) atoms. The number of imide groups is 1. The molecule has 8 nitrogen and oxygen atoms in total. The molecule has 4 amide bonds. The third kappa shape index (κ3) is 3.81.